The quantitative estimate of drug-likeness (QED) is 0.618. The molecule has 2 aromatic heterocycles. The van der Waals surface area contributed by atoms with Crippen molar-refractivity contribution in [1.82, 2.24) is 4.98 Å². The van der Waals surface area contributed by atoms with Gasteiger partial charge in [0.2, 0.25) is 0 Å². The van der Waals surface area contributed by atoms with Crippen LogP contribution in [0.1, 0.15) is 0 Å². The molecule has 0 fully saturated rings. The fraction of sp³-hybridized carbons (Fsp3) is 0. The van der Waals surface area contributed by atoms with Gasteiger partial charge in [-0.2, -0.15) is 0 Å². The summed E-state index contributed by atoms with van der Waals surface area (Å²) in [6.07, 6.45) is 0. The normalized spacial score (nSPS) is 11.5. The van der Waals surface area contributed by atoms with Crippen molar-refractivity contribution in [2.24, 2.45) is 0 Å². The zero-order valence-electron chi connectivity index (χ0n) is 6.67. The molecule has 0 aliphatic rings. The van der Waals surface area contributed by atoms with Gasteiger partial charge in [0.1, 0.15) is 4.83 Å². The zero-order valence-corrected chi connectivity index (χ0v) is 9.08. The summed E-state index contributed by atoms with van der Waals surface area (Å²) in [7, 11) is 0. The van der Waals surface area contributed by atoms with Gasteiger partial charge in [0, 0.05) is 20.8 Å². The highest BCUT2D eigenvalue weighted by atomic mass is 79.9. The van der Waals surface area contributed by atoms with Gasteiger partial charge in [0.25, 0.3) is 0 Å². The van der Waals surface area contributed by atoms with E-state index in [0.29, 0.717) is 0 Å². The van der Waals surface area contributed by atoms with Crippen molar-refractivity contribution in [3.05, 3.63) is 34.1 Å². The highest BCUT2D eigenvalue weighted by Gasteiger charge is 2.04. The first-order chi connectivity index (χ1) is 6.34. The summed E-state index contributed by atoms with van der Waals surface area (Å²) in [4.78, 5) is 4.64. The summed E-state index contributed by atoms with van der Waals surface area (Å²) in [6.45, 7) is 0. The SMILES string of the molecule is Brc1ccc2[nH]c3sccc3c2c1. The number of rotatable bonds is 0. The lowest BCUT2D eigenvalue weighted by Gasteiger charge is -1.90. The third kappa shape index (κ3) is 1.04. The number of aromatic nitrogens is 1. The molecule has 0 unspecified atom stereocenters. The number of hydrogen-bond acceptors (Lipinski definition) is 1. The molecule has 0 saturated heterocycles. The smallest absolute Gasteiger partial charge is 0.101 e. The number of benzene rings is 1. The Hall–Kier alpha value is -0.800. The van der Waals surface area contributed by atoms with Crippen LogP contribution >= 0.6 is 27.3 Å². The van der Waals surface area contributed by atoms with E-state index in [9.17, 15) is 0 Å². The maximum absolute atomic E-state index is 3.48. The second-order valence-electron chi connectivity index (χ2n) is 2.98. The van der Waals surface area contributed by atoms with Gasteiger partial charge in [-0.05, 0) is 29.6 Å². The maximum Gasteiger partial charge on any atom is 0.101 e. The van der Waals surface area contributed by atoms with Gasteiger partial charge in [0.15, 0.2) is 0 Å². The van der Waals surface area contributed by atoms with E-state index in [1.165, 1.54) is 21.1 Å². The lowest BCUT2D eigenvalue weighted by atomic mass is 10.2. The molecule has 0 spiro atoms. The van der Waals surface area contributed by atoms with Gasteiger partial charge in [-0.15, -0.1) is 11.3 Å². The van der Waals surface area contributed by atoms with E-state index in [2.05, 4.69) is 50.6 Å². The van der Waals surface area contributed by atoms with Crippen LogP contribution in [0, 0.1) is 0 Å². The van der Waals surface area contributed by atoms with Crippen molar-refractivity contribution in [2.45, 2.75) is 0 Å². The van der Waals surface area contributed by atoms with Crippen LogP contribution < -0.4 is 0 Å². The minimum atomic E-state index is 1.13. The van der Waals surface area contributed by atoms with Crippen molar-refractivity contribution in [3.63, 3.8) is 0 Å². The number of halogens is 1. The minimum absolute atomic E-state index is 1.13. The predicted molar refractivity (Wildman–Crippen MR) is 61.4 cm³/mol. The number of nitrogens with one attached hydrogen (secondary N) is 1. The second kappa shape index (κ2) is 2.59. The Bertz CT molecular complexity index is 579. The van der Waals surface area contributed by atoms with Crippen LogP contribution in [0.4, 0.5) is 0 Å². The van der Waals surface area contributed by atoms with E-state index in [0.717, 1.165) is 4.47 Å². The standard InChI is InChI=1S/C10H6BrNS/c11-6-1-2-9-8(5-6)7-3-4-13-10(7)12-9/h1-5,12H. The Morgan fingerprint density at radius 2 is 2.08 bits per heavy atom. The van der Waals surface area contributed by atoms with Crippen LogP contribution in [-0.2, 0) is 0 Å². The fourth-order valence-electron chi connectivity index (χ4n) is 1.59. The molecule has 0 aliphatic heterocycles. The van der Waals surface area contributed by atoms with Crippen molar-refractivity contribution in [3.8, 4) is 0 Å². The molecule has 0 amide bonds. The molecular weight excluding hydrogens is 246 g/mol. The lowest BCUT2D eigenvalue weighted by Crippen LogP contribution is -1.67. The van der Waals surface area contributed by atoms with E-state index in [-0.39, 0.29) is 0 Å². The van der Waals surface area contributed by atoms with E-state index in [1.54, 1.807) is 11.3 Å². The summed E-state index contributed by atoms with van der Waals surface area (Å²) in [5, 5.41) is 4.73. The fourth-order valence-corrected chi connectivity index (χ4v) is 2.76. The molecule has 2 heterocycles. The molecular formula is C10H6BrNS. The average molecular weight is 252 g/mol. The van der Waals surface area contributed by atoms with Gasteiger partial charge in [0.05, 0.1) is 0 Å². The third-order valence-corrected chi connectivity index (χ3v) is 3.51. The molecule has 64 valence electrons. The van der Waals surface area contributed by atoms with Crippen LogP contribution in [0.25, 0.3) is 21.1 Å². The first kappa shape index (κ1) is 7.59. The highest BCUT2D eigenvalue weighted by molar-refractivity contribution is 9.10. The minimum Gasteiger partial charge on any atom is -0.346 e. The molecule has 3 aromatic rings. The molecule has 0 radical (unpaired) electrons. The van der Waals surface area contributed by atoms with Crippen LogP contribution in [0.5, 0.6) is 0 Å². The van der Waals surface area contributed by atoms with Crippen molar-refractivity contribution < 1.29 is 0 Å². The molecule has 0 saturated carbocycles. The maximum atomic E-state index is 3.48. The monoisotopic (exact) mass is 251 g/mol. The van der Waals surface area contributed by atoms with Crippen LogP contribution in [0.3, 0.4) is 0 Å². The highest BCUT2D eigenvalue weighted by Crippen LogP contribution is 2.30. The molecule has 0 bridgehead atoms. The predicted octanol–water partition coefficient (Wildman–Crippen LogP) is 4.15. The van der Waals surface area contributed by atoms with E-state index in [4.69, 9.17) is 0 Å². The lowest BCUT2D eigenvalue weighted by molar-refractivity contribution is 1.58. The largest absolute Gasteiger partial charge is 0.346 e. The van der Waals surface area contributed by atoms with Gasteiger partial charge < -0.3 is 4.98 Å². The van der Waals surface area contributed by atoms with E-state index < -0.39 is 0 Å². The molecule has 3 rings (SSSR count). The summed E-state index contributed by atoms with van der Waals surface area (Å²) >= 11 is 5.23. The molecule has 13 heavy (non-hydrogen) atoms. The van der Waals surface area contributed by atoms with Gasteiger partial charge in [-0.1, -0.05) is 15.9 Å². The van der Waals surface area contributed by atoms with E-state index >= 15 is 0 Å². The van der Waals surface area contributed by atoms with Gasteiger partial charge in [-0.25, -0.2) is 0 Å². The zero-order chi connectivity index (χ0) is 8.84. The Morgan fingerprint density at radius 1 is 1.15 bits per heavy atom. The molecule has 1 nitrogen and oxygen atoms in total. The summed E-state index contributed by atoms with van der Waals surface area (Å²) < 4.78 is 1.13. The molecule has 0 atom stereocenters. The first-order valence-electron chi connectivity index (χ1n) is 3.99. The number of aromatic amines is 1. The Balaban J connectivity index is 2.61. The molecule has 1 aromatic carbocycles. The third-order valence-electron chi connectivity index (χ3n) is 2.19. The first-order valence-corrected chi connectivity index (χ1v) is 5.66. The van der Waals surface area contributed by atoms with Crippen LogP contribution in [-0.4, -0.2) is 4.98 Å². The van der Waals surface area contributed by atoms with E-state index in [1.807, 2.05) is 0 Å². The summed E-state index contributed by atoms with van der Waals surface area (Å²) in [5.41, 5.74) is 1.21. The second-order valence-corrected chi connectivity index (χ2v) is 4.81. The Labute approximate surface area is 87.5 Å². The van der Waals surface area contributed by atoms with Gasteiger partial charge >= 0.3 is 0 Å². The Kier molecular flexibility index (Phi) is 1.51. The number of thiophene rings is 1. The number of hydrogen-bond donors (Lipinski definition) is 1. The molecule has 0 aliphatic carbocycles. The number of fused-ring (bicyclic) bond motifs is 3. The topological polar surface area (TPSA) is 15.8 Å². The van der Waals surface area contributed by atoms with Crippen LogP contribution in [0.2, 0.25) is 0 Å². The summed E-state index contributed by atoms with van der Waals surface area (Å²) in [5.74, 6) is 0. The summed E-state index contributed by atoms with van der Waals surface area (Å²) in [6, 6.07) is 8.47. The van der Waals surface area contributed by atoms with Crippen molar-refractivity contribution in [2.75, 3.05) is 0 Å². The van der Waals surface area contributed by atoms with Crippen LogP contribution in [0.15, 0.2) is 34.1 Å². The van der Waals surface area contributed by atoms with Crippen molar-refractivity contribution in [1.29, 1.82) is 0 Å². The Morgan fingerprint density at radius 3 is 3.00 bits per heavy atom. The molecule has 1 N–H and O–H groups in total. The van der Waals surface area contributed by atoms with Gasteiger partial charge in [-0.3, -0.25) is 0 Å². The number of H-pyrrole nitrogens is 1. The van der Waals surface area contributed by atoms with Crippen molar-refractivity contribution >= 4 is 48.4 Å². The molecule has 3 heteroatoms. The average Bonchev–Trinajstić information content (AvgIpc) is 2.64.